The van der Waals surface area contributed by atoms with Crippen LogP contribution in [0.3, 0.4) is 0 Å². The summed E-state index contributed by atoms with van der Waals surface area (Å²) in [5.41, 5.74) is 0.836. The number of benzene rings is 2. The quantitative estimate of drug-likeness (QED) is 0.421. The van der Waals surface area contributed by atoms with Crippen LogP contribution in [-0.2, 0) is 16.0 Å². The first-order valence-corrected chi connectivity index (χ1v) is 8.64. The monoisotopic (exact) mass is 420 g/mol. The van der Waals surface area contributed by atoms with Crippen LogP contribution in [0, 0.1) is 10.1 Å². The van der Waals surface area contributed by atoms with Crippen molar-refractivity contribution in [2.24, 2.45) is 0 Å². The molecule has 0 saturated heterocycles. The maximum absolute atomic E-state index is 12.1. The van der Waals surface area contributed by atoms with Crippen LogP contribution >= 0.6 is 15.9 Å². The summed E-state index contributed by atoms with van der Waals surface area (Å²) in [6, 6.07) is 13.5. The maximum Gasteiger partial charge on any atom is 0.339 e. The van der Waals surface area contributed by atoms with Crippen molar-refractivity contribution in [3.63, 3.8) is 0 Å². The number of nitrogens with zero attached hydrogens (tertiary/aromatic N) is 1. The summed E-state index contributed by atoms with van der Waals surface area (Å²) >= 11 is 3.04. The van der Waals surface area contributed by atoms with Gasteiger partial charge in [-0.05, 0) is 47.0 Å². The Morgan fingerprint density at radius 1 is 1.23 bits per heavy atom. The predicted octanol–water partition coefficient (Wildman–Crippen LogP) is 3.26. The largest absolute Gasteiger partial charge is 0.449 e. The van der Waals surface area contributed by atoms with Gasteiger partial charge >= 0.3 is 5.97 Å². The Bertz CT molecular complexity index is 810. The minimum absolute atomic E-state index is 0.00355. The first kappa shape index (κ1) is 19.6. The average Bonchev–Trinajstić information content (AvgIpc) is 2.62. The lowest BCUT2D eigenvalue weighted by molar-refractivity contribution is -0.385. The van der Waals surface area contributed by atoms with Gasteiger partial charge in [0.25, 0.3) is 11.6 Å². The van der Waals surface area contributed by atoms with Gasteiger partial charge in [0.05, 0.1) is 15.0 Å². The normalized spacial score (nSPS) is 11.5. The number of amides is 1. The molecule has 0 bridgehead atoms. The highest BCUT2D eigenvalue weighted by Crippen LogP contribution is 2.26. The molecule has 0 aliphatic rings. The summed E-state index contributed by atoms with van der Waals surface area (Å²) < 4.78 is 5.34. The molecule has 2 aromatic carbocycles. The molecule has 1 N–H and O–H groups in total. The van der Waals surface area contributed by atoms with Gasteiger partial charge in [-0.3, -0.25) is 14.9 Å². The molecule has 1 unspecified atom stereocenters. The Hall–Kier alpha value is -2.74. The lowest BCUT2D eigenvalue weighted by Gasteiger charge is -2.13. The molecular weight excluding hydrogens is 404 g/mol. The Labute approximate surface area is 158 Å². The van der Waals surface area contributed by atoms with Gasteiger partial charge in [0.15, 0.2) is 6.10 Å². The smallest absolute Gasteiger partial charge is 0.339 e. The van der Waals surface area contributed by atoms with Crippen molar-refractivity contribution in [2.75, 3.05) is 6.54 Å². The van der Waals surface area contributed by atoms with Crippen LogP contribution in [0.2, 0.25) is 0 Å². The van der Waals surface area contributed by atoms with E-state index in [-0.39, 0.29) is 15.7 Å². The van der Waals surface area contributed by atoms with Crippen LogP contribution in [0.1, 0.15) is 22.8 Å². The third-order valence-electron chi connectivity index (χ3n) is 3.59. The molecule has 26 heavy (non-hydrogen) atoms. The van der Waals surface area contributed by atoms with Crippen molar-refractivity contribution in [3.05, 3.63) is 74.2 Å². The number of ether oxygens (including phenoxy) is 1. The highest BCUT2D eigenvalue weighted by Gasteiger charge is 2.21. The molecule has 0 aromatic heterocycles. The van der Waals surface area contributed by atoms with Crippen molar-refractivity contribution in [3.8, 4) is 0 Å². The third-order valence-corrected chi connectivity index (χ3v) is 4.26. The van der Waals surface area contributed by atoms with E-state index in [1.807, 2.05) is 30.3 Å². The van der Waals surface area contributed by atoms with Crippen LogP contribution in [0.4, 0.5) is 5.69 Å². The molecule has 7 nitrogen and oxygen atoms in total. The fraction of sp³-hybridized carbons (Fsp3) is 0.222. The number of halogens is 1. The molecule has 0 radical (unpaired) electrons. The molecule has 1 amide bonds. The van der Waals surface area contributed by atoms with Crippen LogP contribution in [0.25, 0.3) is 0 Å². The minimum Gasteiger partial charge on any atom is -0.449 e. The van der Waals surface area contributed by atoms with Crippen LogP contribution < -0.4 is 5.32 Å². The lowest BCUT2D eigenvalue weighted by Crippen LogP contribution is -2.36. The SMILES string of the molecule is CC(OC(=O)c1ccc(Br)c([N+](=O)[O-])c1)C(=O)NCCc1ccccc1. The number of rotatable bonds is 7. The number of carbonyl (C=O) groups excluding carboxylic acids is 2. The highest BCUT2D eigenvalue weighted by molar-refractivity contribution is 9.10. The van der Waals surface area contributed by atoms with Gasteiger partial charge in [0.1, 0.15) is 0 Å². The molecular formula is C18H17BrN2O5. The molecule has 2 rings (SSSR count). The molecule has 0 aliphatic heterocycles. The second-order valence-corrected chi connectivity index (χ2v) is 6.35. The van der Waals surface area contributed by atoms with Crippen LogP contribution in [0.5, 0.6) is 0 Å². The number of esters is 1. The summed E-state index contributed by atoms with van der Waals surface area (Å²) in [5.74, 6) is -1.23. The number of nitro benzene ring substituents is 1. The van der Waals surface area contributed by atoms with Crippen molar-refractivity contribution >= 4 is 33.5 Å². The van der Waals surface area contributed by atoms with Gasteiger partial charge in [-0.1, -0.05) is 30.3 Å². The molecule has 0 spiro atoms. The molecule has 0 heterocycles. The Balaban J connectivity index is 1.89. The molecule has 1 atom stereocenters. The fourth-order valence-corrected chi connectivity index (χ4v) is 2.57. The van der Waals surface area contributed by atoms with Crippen LogP contribution in [-0.4, -0.2) is 29.4 Å². The molecule has 0 fully saturated rings. The van der Waals surface area contributed by atoms with E-state index in [9.17, 15) is 19.7 Å². The fourth-order valence-electron chi connectivity index (χ4n) is 2.18. The molecule has 8 heteroatoms. The average molecular weight is 421 g/mol. The zero-order valence-electron chi connectivity index (χ0n) is 14.0. The molecule has 0 aliphatic carbocycles. The molecule has 136 valence electrons. The standard InChI is InChI=1S/C18H17BrN2O5/c1-12(17(22)20-10-9-13-5-3-2-4-6-13)26-18(23)14-7-8-15(19)16(11-14)21(24)25/h2-8,11-12H,9-10H2,1H3,(H,20,22). The zero-order valence-corrected chi connectivity index (χ0v) is 15.6. The second-order valence-electron chi connectivity index (χ2n) is 5.50. The topological polar surface area (TPSA) is 98.5 Å². The van der Waals surface area contributed by atoms with E-state index in [4.69, 9.17) is 4.74 Å². The van der Waals surface area contributed by atoms with Gasteiger partial charge < -0.3 is 10.1 Å². The lowest BCUT2D eigenvalue weighted by atomic mass is 10.1. The van der Waals surface area contributed by atoms with Crippen molar-refractivity contribution in [1.29, 1.82) is 0 Å². The highest BCUT2D eigenvalue weighted by atomic mass is 79.9. The summed E-state index contributed by atoms with van der Waals surface area (Å²) in [4.78, 5) is 34.4. The van der Waals surface area contributed by atoms with Gasteiger partial charge in [-0.25, -0.2) is 4.79 Å². The zero-order chi connectivity index (χ0) is 19.1. The van der Waals surface area contributed by atoms with Gasteiger partial charge in [0.2, 0.25) is 0 Å². The summed E-state index contributed by atoms with van der Waals surface area (Å²) in [7, 11) is 0. The van der Waals surface area contributed by atoms with E-state index in [0.717, 1.165) is 11.6 Å². The van der Waals surface area contributed by atoms with E-state index in [0.29, 0.717) is 13.0 Å². The first-order chi connectivity index (χ1) is 12.4. The summed E-state index contributed by atoms with van der Waals surface area (Å²) in [6.07, 6.45) is -0.354. The van der Waals surface area contributed by atoms with E-state index < -0.39 is 22.9 Å². The molecule has 2 aromatic rings. The number of nitrogens with one attached hydrogen (secondary N) is 1. The van der Waals surface area contributed by atoms with E-state index in [2.05, 4.69) is 21.2 Å². The van der Waals surface area contributed by atoms with E-state index >= 15 is 0 Å². The maximum atomic E-state index is 12.1. The Morgan fingerprint density at radius 3 is 2.58 bits per heavy atom. The number of hydrogen-bond acceptors (Lipinski definition) is 5. The third kappa shape index (κ3) is 5.38. The van der Waals surface area contributed by atoms with Crippen LogP contribution in [0.15, 0.2) is 53.0 Å². The van der Waals surface area contributed by atoms with Crippen molar-refractivity contribution in [2.45, 2.75) is 19.4 Å². The van der Waals surface area contributed by atoms with Gasteiger partial charge in [-0.15, -0.1) is 0 Å². The predicted molar refractivity (Wildman–Crippen MR) is 98.8 cm³/mol. The van der Waals surface area contributed by atoms with E-state index in [1.54, 1.807) is 0 Å². The second kappa shape index (κ2) is 9.10. The summed E-state index contributed by atoms with van der Waals surface area (Å²) in [5, 5.41) is 13.6. The van der Waals surface area contributed by atoms with Gasteiger partial charge in [0, 0.05) is 12.6 Å². The van der Waals surface area contributed by atoms with Crippen molar-refractivity contribution < 1.29 is 19.2 Å². The molecule has 0 saturated carbocycles. The summed E-state index contributed by atoms with van der Waals surface area (Å²) in [6.45, 7) is 1.86. The number of carbonyl (C=O) groups is 2. The first-order valence-electron chi connectivity index (χ1n) is 7.85. The Morgan fingerprint density at radius 2 is 1.92 bits per heavy atom. The number of nitro groups is 1. The minimum atomic E-state index is -1.01. The van der Waals surface area contributed by atoms with Gasteiger partial charge in [-0.2, -0.15) is 0 Å². The Kier molecular flexibility index (Phi) is 6.85. The van der Waals surface area contributed by atoms with E-state index in [1.165, 1.54) is 19.1 Å². The van der Waals surface area contributed by atoms with Crippen molar-refractivity contribution in [1.82, 2.24) is 5.32 Å². The number of hydrogen-bond donors (Lipinski definition) is 1.